The predicted octanol–water partition coefficient (Wildman–Crippen LogP) is 6.35. The summed E-state index contributed by atoms with van der Waals surface area (Å²) in [5, 5.41) is 0.561. The normalized spacial score (nSPS) is 15.6. The summed E-state index contributed by atoms with van der Waals surface area (Å²) in [7, 11) is 0. The van der Waals surface area contributed by atoms with E-state index >= 15 is 0 Å². The molecule has 3 aromatic carbocycles. The molecule has 1 amide bonds. The topological polar surface area (TPSA) is 32.8 Å². The Morgan fingerprint density at radius 1 is 0.892 bits per heavy atom. The van der Waals surface area contributed by atoms with Crippen molar-refractivity contribution >= 4 is 17.5 Å². The van der Waals surface area contributed by atoms with Crippen LogP contribution in [0.25, 0.3) is 0 Å². The number of halogens is 6. The van der Waals surface area contributed by atoms with Crippen molar-refractivity contribution in [1.29, 1.82) is 0 Å². The van der Waals surface area contributed by atoms with Crippen molar-refractivity contribution < 1.29 is 31.5 Å². The van der Waals surface area contributed by atoms with Crippen molar-refractivity contribution in [2.24, 2.45) is 0 Å². The van der Waals surface area contributed by atoms with Crippen LogP contribution in [0.1, 0.15) is 33.2 Å². The van der Waals surface area contributed by atoms with Gasteiger partial charge in [-0.15, -0.1) is 0 Å². The predicted molar refractivity (Wildman–Crippen MR) is 129 cm³/mol. The first-order chi connectivity index (χ1) is 17.6. The van der Waals surface area contributed by atoms with Crippen LogP contribution in [0.3, 0.4) is 0 Å². The molecule has 196 valence electrons. The van der Waals surface area contributed by atoms with Crippen molar-refractivity contribution in [3.05, 3.63) is 106 Å². The minimum Gasteiger partial charge on any atom is -0.368 e. The number of hydrogen-bond donors (Lipinski definition) is 0. The first-order valence-corrected chi connectivity index (χ1v) is 12.0. The molecule has 10 heteroatoms. The Kier molecular flexibility index (Phi) is 8.46. The molecule has 1 aliphatic heterocycles. The minimum absolute atomic E-state index is 0.0372. The average molecular weight is 539 g/mol. The van der Waals surface area contributed by atoms with Crippen LogP contribution < -0.4 is 0 Å². The molecule has 4 rings (SSSR count). The van der Waals surface area contributed by atoms with E-state index in [9.17, 15) is 26.7 Å². The lowest BCUT2D eigenvalue weighted by Crippen LogP contribution is -2.49. The van der Waals surface area contributed by atoms with Crippen LogP contribution in [0, 0.1) is 11.6 Å². The van der Waals surface area contributed by atoms with E-state index in [4.69, 9.17) is 16.3 Å². The highest BCUT2D eigenvalue weighted by molar-refractivity contribution is 6.30. The molecule has 0 unspecified atom stereocenters. The second-order valence-electron chi connectivity index (χ2n) is 8.80. The highest BCUT2D eigenvalue weighted by Crippen LogP contribution is 2.30. The second kappa shape index (κ2) is 11.6. The molecule has 0 saturated carbocycles. The van der Waals surface area contributed by atoms with Gasteiger partial charge < -0.3 is 9.64 Å². The number of carbonyl (C=O) groups is 1. The van der Waals surface area contributed by atoms with Gasteiger partial charge in [-0.1, -0.05) is 35.9 Å². The fourth-order valence-corrected chi connectivity index (χ4v) is 4.27. The fourth-order valence-electron chi connectivity index (χ4n) is 4.15. The Morgan fingerprint density at radius 3 is 2.05 bits per heavy atom. The molecule has 1 saturated heterocycles. The Morgan fingerprint density at radius 2 is 1.49 bits per heavy atom. The van der Waals surface area contributed by atoms with Crippen LogP contribution in [0.5, 0.6) is 0 Å². The van der Waals surface area contributed by atoms with Gasteiger partial charge in [0.15, 0.2) is 0 Å². The third-order valence-electron chi connectivity index (χ3n) is 6.17. The second-order valence-corrected chi connectivity index (χ2v) is 9.23. The van der Waals surface area contributed by atoms with Crippen LogP contribution in [0.2, 0.25) is 5.02 Å². The number of carbonyl (C=O) groups excluding carboxylic acids is 1. The van der Waals surface area contributed by atoms with E-state index in [1.807, 2.05) is 12.1 Å². The number of ether oxygens (including phenoxy) is 1. The summed E-state index contributed by atoms with van der Waals surface area (Å²) in [5.41, 5.74) is 0.693. The zero-order chi connectivity index (χ0) is 26.6. The summed E-state index contributed by atoms with van der Waals surface area (Å²) < 4.78 is 71.7. The van der Waals surface area contributed by atoms with Gasteiger partial charge in [0, 0.05) is 49.4 Å². The third-order valence-corrected chi connectivity index (χ3v) is 6.42. The lowest BCUT2D eigenvalue weighted by molar-refractivity contribution is -0.137. The highest BCUT2D eigenvalue weighted by Gasteiger charge is 2.30. The Bertz CT molecular complexity index is 1190. The summed E-state index contributed by atoms with van der Waals surface area (Å²) in [5.74, 6) is -2.05. The molecule has 0 N–H and O–H groups in total. The molecule has 0 spiro atoms. The van der Waals surface area contributed by atoms with Crippen LogP contribution in [0.4, 0.5) is 22.0 Å². The molecule has 3 aromatic rings. The van der Waals surface area contributed by atoms with E-state index in [0.29, 0.717) is 43.3 Å². The fraction of sp³-hybridized carbons (Fsp3) is 0.296. The number of benzene rings is 3. The van der Waals surface area contributed by atoms with Crippen molar-refractivity contribution in [2.75, 3.05) is 32.7 Å². The largest absolute Gasteiger partial charge is 0.416 e. The number of piperazine rings is 1. The molecule has 0 radical (unpaired) electrons. The molecule has 1 atom stereocenters. The number of hydrogen-bond acceptors (Lipinski definition) is 3. The van der Waals surface area contributed by atoms with E-state index in [0.717, 1.165) is 35.9 Å². The molecule has 0 bridgehead atoms. The van der Waals surface area contributed by atoms with Gasteiger partial charge in [-0.3, -0.25) is 9.69 Å². The maximum absolute atomic E-state index is 13.5. The van der Waals surface area contributed by atoms with Gasteiger partial charge in [-0.05, 0) is 47.5 Å². The van der Waals surface area contributed by atoms with E-state index in [1.165, 1.54) is 12.1 Å². The first kappa shape index (κ1) is 27.0. The van der Waals surface area contributed by atoms with Gasteiger partial charge in [0.05, 0.1) is 18.3 Å². The summed E-state index contributed by atoms with van der Waals surface area (Å²) >= 11 is 6.02. The van der Waals surface area contributed by atoms with E-state index in [1.54, 1.807) is 17.0 Å². The zero-order valence-corrected chi connectivity index (χ0v) is 20.4. The van der Waals surface area contributed by atoms with Crippen LogP contribution in [-0.4, -0.2) is 48.4 Å². The van der Waals surface area contributed by atoms with E-state index in [2.05, 4.69) is 4.90 Å². The molecule has 1 heterocycles. The quantitative estimate of drug-likeness (QED) is 0.329. The van der Waals surface area contributed by atoms with Crippen LogP contribution in [-0.2, 0) is 17.5 Å². The summed E-state index contributed by atoms with van der Waals surface area (Å²) in [4.78, 5) is 16.3. The first-order valence-electron chi connectivity index (χ1n) is 11.6. The maximum Gasteiger partial charge on any atom is 0.416 e. The monoisotopic (exact) mass is 538 g/mol. The Labute approximate surface area is 216 Å². The minimum atomic E-state index is -4.41. The highest BCUT2D eigenvalue weighted by atomic mass is 35.5. The Hall–Kier alpha value is -3.01. The van der Waals surface area contributed by atoms with Gasteiger partial charge in [0.25, 0.3) is 5.91 Å². The number of alkyl halides is 3. The summed E-state index contributed by atoms with van der Waals surface area (Å²) in [6, 6.07) is 14.7. The number of amides is 1. The smallest absolute Gasteiger partial charge is 0.368 e. The van der Waals surface area contributed by atoms with Gasteiger partial charge >= 0.3 is 6.18 Å². The summed E-state index contributed by atoms with van der Waals surface area (Å²) in [6.07, 6.45) is -4.81. The lowest BCUT2D eigenvalue weighted by atomic mass is 10.1. The molecule has 0 aliphatic carbocycles. The van der Waals surface area contributed by atoms with Gasteiger partial charge in [-0.25, -0.2) is 8.78 Å². The molecule has 4 nitrogen and oxygen atoms in total. The standard InChI is InChI=1S/C27H24ClF5N2O2/c28-22-7-3-19(4-8-22)25(37-17-18-1-5-21(6-2-18)27(31,32)33)16-34-9-11-35(12-10-34)26(36)20-13-23(29)15-24(30)14-20/h1-8,13-15,25H,9-12,16-17H2/t25-/m0/s1. The molecule has 37 heavy (non-hydrogen) atoms. The van der Waals surface area contributed by atoms with E-state index < -0.39 is 35.4 Å². The van der Waals surface area contributed by atoms with E-state index in [-0.39, 0.29) is 12.2 Å². The van der Waals surface area contributed by atoms with Gasteiger partial charge in [0.2, 0.25) is 0 Å². The Balaban J connectivity index is 1.39. The molecule has 0 aromatic heterocycles. The number of rotatable bonds is 7. The molecular weight excluding hydrogens is 515 g/mol. The van der Waals surface area contributed by atoms with Crippen molar-refractivity contribution in [3.63, 3.8) is 0 Å². The van der Waals surface area contributed by atoms with Gasteiger partial charge in [0.1, 0.15) is 11.6 Å². The SMILES string of the molecule is O=C(c1cc(F)cc(F)c1)N1CCN(C[C@H](OCc2ccc(C(F)(F)F)cc2)c2ccc(Cl)cc2)CC1. The maximum atomic E-state index is 13.5. The molecule has 1 aliphatic rings. The number of nitrogens with zero attached hydrogens (tertiary/aromatic N) is 2. The van der Waals surface area contributed by atoms with Crippen molar-refractivity contribution in [3.8, 4) is 0 Å². The molecular formula is C27H24ClF5N2O2. The van der Waals surface area contributed by atoms with Gasteiger partial charge in [-0.2, -0.15) is 13.2 Å². The molecule has 1 fully saturated rings. The van der Waals surface area contributed by atoms with Crippen molar-refractivity contribution in [2.45, 2.75) is 18.9 Å². The average Bonchev–Trinajstić information content (AvgIpc) is 2.86. The van der Waals surface area contributed by atoms with Crippen LogP contribution in [0.15, 0.2) is 66.7 Å². The zero-order valence-electron chi connectivity index (χ0n) is 19.6. The summed E-state index contributed by atoms with van der Waals surface area (Å²) in [6.45, 7) is 2.33. The van der Waals surface area contributed by atoms with Crippen LogP contribution >= 0.6 is 11.6 Å². The lowest BCUT2D eigenvalue weighted by Gasteiger charge is -2.36. The van der Waals surface area contributed by atoms with Crippen molar-refractivity contribution in [1.82, 2.24) is 9.80 Å². The third kappa shape index (κ3) is 7.28.